The zero-order valence-corrected chi connectivity index (χ0v) is 15.9. The van der Waals surface area contributed by atoms with Crippen LogP contribution in [-0.4, -0.2) is 35.0 Å². The number of aliphatic hydroxyl groups excluding tert-OH is 1. The van der Waals surface area contributed by atoms with Crippen LogP contribution in [0.2, 0.25) is 0 Å². The van der Waals surface area contributed by atoms with Gasteiger partial charge in [-0.2, -0.15) is 5.26 Å². The van der Waals surface area contributed by atoms with Gasteiger partial charge in [0.2, 0.25) is 11.8 Å². The number of hydrogen-bond acceptors (Lipinski definition) is 5. The van der Waals surface area contributed by atoms with Gasteiger partial charge >= 0.3 is 0 Å². The summed E-state index contributed by atoms with van der Waals surface area (Å²) in [5, 5.41) is 22.0. The Hall–Kier alpha value is -2.69. The third-order valence-corrected chi connectivity index (χ3v) is 5.90. The van der Waals surface area contributed by atoms with Crippen molar-refractivity contribution in [2.45, 2.75) is 32.2 Å². The molecule has 0 unspecified atom stereocenters. The highest BCUT2D eigenvalue weighted by Gasteiger charge is 2.27. The summed E-state index contributed by atoms with van der Waals surface area (Å²) in [5.41, 5.74) is 2.49. The van der Waals surface area contributed by atoms with Crippen molar-refractivity contribution in [3.63, 3.8) is 0 Å². The van der Waals surface area contributed by atoms with Crippen molar-refractivity contribution in [3.05, 3.63) is 51.9 Å². The molecule has 2 N–H and O–H groups in total. The van der Waals surface area contributed by atoms with Crippen LogP contribution < -0.4 is 5.32 Å². The fraction of sp³-hybridized carbons (Fsp3) is 0.350. The molecule has 0 fully saturated rings. The van der Waals surface area contributed by atoms with Crippen LogP contribution in [0.4, 0.5) is 5.00 Å². The van der Waals surface area contributed by atoms with E-state index >= 15 is 0 Å². The number of nitriles is 1. The Morgan fingerprint density at radius 3 is 2.78 bits per heavy atom. The van der Waals surface area contributed by atoms with Crippen LogP contribution in [0.25, 0.3) is 0 Å². The maximum absolute atomic E-state index is 12.5. The molecule has 2 amide bonds. The number of fused-ring (bicyclic) bond motifs is 1. The first-order valence-corrected chi connectivity index (χ1v) is 9.63. The molecule has 1 aliphatic heterocycles. The predicted molar refractivity (Wildman–Crippen MR) is 103 cm³/mol. The average Bonchev–Trinajstić information content (AvgIpc) is 3.03. The summed E-state index contributed by atoms with van der Waals surface area (Å²) >= 11 is 1.34. The van der Waals surface area contributed by atoms with Gasteiger partial charge in [0.25, 0.3) is 0 Å². The van der Waals surface area contributed by atoms with Gasteiger partial charge in [-0.15, -0.1) is 11.3 Å². The number of thiophene rings is 1. The molecule has 1 aromatic heterocycles. The van der Waals surface area contributed by atoms with Crippen molar-refractivity contribution >= 4 is 28.2 Å². The maximum atomic E-state index is 12.5. The summed E-state index contributed by atoms with van der Waals surface area (Å²) in [7, 11) is 0. The van der Waals surface area contributed by atoms with Crippen LogP contribution in [0, 0.1) is 11.3 Å². The first-order valence-electron chi connectivity index (χ1n) is 8.81. The van der Waals surface area contributed by atoms with Crippen molar-refractivity contribution < 1.29 is 14.7 Å². The van der Waals surface area contributed by atoms with Gasteiger partial charge in [0.15, 0.2) is 0 Å². The Labute approximate surface area is 162 Å². The molecule has 3 rings (SSSR count). The van der Waals surface area contributed by atoms with Gasteiger partial charge in [-0.3, -0.25) is 9.59 Å². The summed E-state index contributed by atoms with van der Waals surface area (Å²) in [5.74, 6) is -0.386. The number of benzene rings is 1. The summed E-state index contributed by atoms with van der Waals surface area (Å²) in [6.45, 7) is 2.31. The van der Waals surface area contributed by atoms with Crippen LogP contribution in [-0.2, 0) is 22.6 Å². The Morgan fingerprint density at radius 1 is 1.37 bits per heavy atom. The van der Waals surface area contributed by atoms with E-state index in [2.05, 4.69) is 11.4 Å². The number of anilines is 1. The van der Waals surface area contributed by atoms with E-state index in [0.29, 0.717) is 36.5 Å². The summed E-state index contributed by atoms with van der Waals surface area (Å²) in [6.07, 6.45) is 0.878. The smallest absolute Gasteiger partial charge is 0.248 e. The minimum atomic E-state index is -0.521. The molecule has 0 spiro atoms. The first kappa shape index (κ1) is 19.1. The number of hydrogen-bond donors (Lipinski definition) is 2. The van der Waals surface area contributed by atoms with E-state index in [4.69, 9.17) is 5.11 Å². The first-order chi connectivity index (χ1) is 13.0. The third kappa shape index (κ3) is 4.18. The highest BCUT2D eigenvalue weighted by Crippen LogP contribution is 2.37. The highest BCUT2D eigenvalue weighted by atomic mass is 32.1. The molecule has 140 valence electrons. The van der Waals surface area contributed by atoms with Gasteiger partial charge in [-0.1, -0.05) is 37.3 Å². The Bertz CT molecular complexity index is 886. The van der Waals surface area contributed by atoms with E-state index in [1.807, 2.05) is 37.3 Å². The van der Waals surface area contributed by atoms with Gasteiger partial charge < -0.3 is 15.3 Å². The Morgan fingerprint density at radius 2 is 2.11 bits per heavy atom. The fourth-order valence-electron chi connectivity index (χ4n) is 3.28. The molecule has 1 aliphatic rings. The number of carbonyl (C=O) groups excluding carboxylic acids is 2. The van der Waals surface area contributed by atoms with Crippen LogP contribution in [0.1, 0.15) is 40.8 Å². The molecule has 27 heavy (non-hydrogen) atoms. The number of nitrogens with zero attached hydrogens (tertiary/aromatic N) is 2. The second kappa shape index (κ2) is 8.33. The van der Waals surface area contributed by atoms with Crippen molar-refractivity contribution in [2.75, 3.05) is 18.5 Å². The number of aliphatic hydroxyl groups is 1. The zero-order valence-electron chi connectivity index (χ0n) is 15.1. The van der Waals surface area contributed by atoms with Crippen molar-refractivity contribution in [1.82, 2.24) is 4.90 Å². The van der Waals surface area contributed by atoms with Crippen LogP contribution >= 0.6 is 11.3 Å². The van der Waals surface area contributed by atoms with Gasteiger partial charge in [-0.25, -0.2) is 0 Å². The molecule has 6 nitrogen and oxygen atoms in total. The molecule has 0 saturated carbocycles. The van der Waals surface area contributed by atoms with Gasteiger partial charge in [0.1, 0.15) is 17.7 Å². The molecule has 2 aromatic rings. The van der Waals surface area contributed by atoms with E-state index in [1.165, 1.54) is 11.3 Å². The molecule has 0 saturated heterocycles. The predicted octanol–water partition coefficient (Wildman–Crippen LogP) is 2.63. The minimum absolute atomic E-state index is 0.0731. The SMILES string of the molecule is C[C@@H](CC(=O)Nc1sc2c(c1C#N)CCN(C(=O)CO)C2)c1ccccc1. The Kier molecular flexibility index (Phi) is 5.89. The van der Waals surface area contributed by atoms with E-state index in [0.717, 1.165) is 16.0 Å². The van der Waals surface area contributed by atoms with E-state index in [1.54, 1.807) is 4.90 Å². The molecular formula is C20H21N3O3S. The lowest BCUT2D eigenvalue weighted by molar-refractivity contribution is -0.135. The standard InChI is InChI=1S/C20H21N3O3S/c1-13(14-5-3-2-4-6-14)9-18(25)22-20-16(10-21)15-7-8-23(19(26)12-24)11-17(15)27-20/h2-6,13,24H,7-9,11-12H2,1H3,(H,22,25)/t13-/m0/s1. The van der Waals surface area contributed by atoms with Gasteiger partial charge in [0, 0.05) is 17.8 Å². The van der Waals surface area contributed by atoms with E-state index in [-0.39, 0.29) is 17.7 Å². The van der Waals surface area contributed by atoms with Gasteiger partial charge in [0.05, 0.1) is 12.1 Å². The van der Waals surface area contributed by atoms with Crippen LogP contribution in [0.15, 0.2) is 30.3 Å². The summed E-state index contributed by atoms with van der Waals surface area (Å²) in [4.78, 5) is 26.7. The molecule has 0 radical (unpaired) electrons. The van der Waals surface area contributed by atoms with E-state index in [9.17, 15) is 14.9 Å². The molecule has 7 heteroatoms. The topological polar surface area (TPSA) is 93.4 Å². The van der Waals surface area contributed by atoms with Gasteiger partial charge in [-0.05, 0) is 23.5 Å². The normalized spacial score (nSPS) is 14.2. The molecule has 1 atom stereocenters. The quantitative estimate of drug-likeness (QED) is 0.830. The lowest BCUT2D eigenvalue weighted by Crippen LogP contribution is -2.37. The van der Waals surface area contributed by atoms with Crippen molar-refractivity contribution in [1.29, 1.82) is 5.26 Å². The molecule has 0 aliphatic carbocycles. The molecule has 1 aromatic carbocycles. The lowest BCUT2D eigenvalue weighted by Gasteiger charge is -2.26. The lowest BCUT2D eigenvalue weighted by atomic mass is 9.97. The minimum Gasteiger partial charge on any atom is -0.387 e. The summed E-state index contributed by atoms with van der Waals surface area (Å²) in [6, 6.07) is 12.0. The molecule has 0 bridgehead atoms. The number of rotatable bonds is 5. The average molecular weight is 383 g/mol. The number of nitrogens with one attached hydrogen (secondary N) is 1. The highest BCUT2D eigenvalue weighted by molar-refractivity contribution is 7.16. The van der Waals surface area contributed by atoms with Crippen molar-refractivity contribution in [2.24, 2.45) is 0 Å². The molecular weight excluding hydrogens is 362 g/mol. The molecule has 2 heterocycles. The second-order valence-corrected chi connectivity index (χ2v) is 7.71. The maximum Gasteiger partial charge on any atom is 0.248 e. The van der Waals surface area contributed by atoms with Crippen LogP contribution in [0.3, 0.4) is 0 Å². The van der Waals surface area contributed by atoms with Crippen molar-refractivity contribution in [3.8, 4) is 6.07 Å². The van der Waals surface area contributed by atoms with E-state index < -0.39 is 6.61 Å². The summed E-state index contributed by atoms with van der Waals surface area (Å²) < 4.78 is 0. The monoisotopic (exact) mass is 383 g/mol. The number of amides is 2. The zero-order chi connectivity index (χ0) is 19.4. The van der Waals surface area contributed by atoms with Crippen LogP contribution in [0.5, 0.6) is 0 Å². The number of carbonyl (C=O) groups is 2. The largest absolute Gasteiger partial charge is 0.387 e. The second-order valence-electron chi connectivity index (χ2n) is 6.61. The third-order valence-electron chi connectivity index (χ3n) is 4.77. The Balaban J connectivity index is 1.72. The fourth-order valence-corrected chi connectivity index (χ4v) is 4.51.